The molecule has 1 heterocycles. The summed E-state index contributed by atoms with van der Waals surface area (Å²) in [6.45, 7) is 7.02. The Morgan fingerprint density at radius 2 is 2.36 bits per heavy atom. The summed E-state index contributed by atoms with van der Waals surface area (Å²) in [6.07, 6.45) is 0. The van der Waals surface area contributed by atoms with Gasteiger partial charge in [-0.15, -0.1) is 11.3 Å². The Hall–Kier alpha value is -0.100. The molecule has 80 valence electrons. The quantitative estimate of drug-likeness (QED) is 0.602. The van der Waals surface area contributed by atoms with Gasteiger partial charge in [-0.05, 0) is 13.8 Å². The van der Waals surface area contributed by atoms with Crippen molar-refractivity contribution in [3.63, 3.8) is 0 Å². The fourth-order valence-corrected chi connectivity index (χ4v) is 2.46. The molecule has 1 rings (SSSR count). The predicted octanol–water partition coefficient (Wildman–Crippen LogP) is 2.09. The van der Waals surface area contributed by atoms with Gasteiger partial charge in [0.25, 0.3) is 0 Å². The van der Waals surface area contributed by atoms with E-state index in [1.165, 1.54) is 0 Å². The predicted molar refractivity (Wildman–Crippen MR) is 64.3 cm³/mol. The molecule has 14 heavy (non-hydrogen) atoms. The van der Waals surface area contributed by atoms with Crippen LogP contribution in [0.25, 0.3) is 0 Å². The highest BCUT2D eigenvalue weighted by Gasteiger charge is 2.18. The van der Waals surface area contributed by atoms with E-state index in [4.69, 9.17) is 5.73 Å². The highest BCUT2D eigenvalue weighted by Crippen LogP contribution is 2.22. The van der Waals surface area contributed by atoms with E-state index in [0.717, 1.165) is 23.0 Å². The van der Waals surface area contributed by atoms with Crippen molar-refractivity contribution < 1.29 is 0 Å². The first-order chi connectivity index (χ1) is 6.54. The zero-order valence-corrected chi connectivity index (χ0v) is 10.5. The van der Waals surface area contributed by atoms with Crippen molar-refractivity contribution in [2.75, 3.05) is 6.54 Å². The summed E-state index contributed by atoms with van der Waals surface area (Å²) in [5, 5.41) is 3.08. The molecule has 0 aliphatic heterocycles. The fraction of sp³-hybridized carbons (Fsp3) is 0.667. The van der Waals surface area contributed by atoms with Crippen LogP contribution in [0.3, 0.4) is 0 Å². The first kappa shape index (κ1) is 12.0. The lowest BCUT2D eigenvalue weighted by Crippen LogP contribution is -2.28. The van der Waals surface area contributed by atoms with Gasteiger partial charge in [0.15, 0.2) is 0 Å². The molecular weight excluding hydrogens is 214 g/mol. The largest absolute Gasteiger partial charge is 0.320 e. The second-order valence-corrected chi connectivity index (χ2v) is 5.38. The Morgan fingerprint density at radius 1 is 1.64 bits per heavy atom. The third kappa shape index (κ3) is 3.57. The van der Waals surface area contributed by atoms with Crippen LogP contribution in [0.2, 0.25) is 0 Å². The molecule has 0 atom stereocenters. The van der Waals surface area contributed by atoms with Gasteiger partial charge in [-0.3, -0.25) is 4.72 Å². The van der Waals surface area contributed by atoms with Crippen molar-refractivity contribution in [1.82, 2.24) is 9.71 Å². The van der Waals surface area contributed by atoms with E-state index >= 15 is 0 Å². The minimum absolute atomic E-state index is 0.314. The van der Waals surface area contributed by atoms with Gasteiger partial charge >= 0.3 is 0 Å². The lowest BCUT2D eigenvalue weighted by molar-refractivity contribution is 0.549. The molecule has 0 saturated heterocycles. The van der Waals surface area contributed by atoms with Crippen molar-refractivity contribution in [2.45, 2.75) is 32.1 Å². The second kappa shape index (κ2) is 5.11. The van der Waals surface area contributed by atoms with Crippen molar-refractivity contribution >= 4 is 23.3 Å². The number of nitrogens with zero attached hydrogens (tertiary/aromatic N) is 1. The van der Waals surface area contributed by atoms with Gasteiger partial charge in [-0.1, -0.05) is 18.9 Å². The molecule has 0 radical (unpaired) electrons. The van der Waals surface area contributed by atoms with E-state index in [0.29, 0.717) is 0 Å². The molecule has 0 aliphatic rings. The minimum atomic E-state index is -0.314. The summed E-state index contributed by atoms with van der Waals surface area (Å²) in [7, 11) is 0. The SMILES string of the molecule is CCNSCc1csc(C(C)(C)N)n1. The van der Waals surface area contributed by atoms with Crippen molar-refractivity contribution in [2.24, 2.45) is 5.73 Å². The third-order valence-electron chi connectivity index (χ3n) is 1.57. The lowest BCUT2D eigenvalue weighted by atomic mass is 10.1. The van der Waals surface area contributed by atoms with Gasteiger partial charge in [-0.25, -0.2) is 4.98 Å². The summed E-state index contributed by atoms with van der Waals surface area (Å²) >= 11 is 3.32. The maximum atomic E-state index is 5.95. The van der Waals surface area contributed by atoms with Gasteiger partial charge < -0.3 is 5.73 Å². The Morgan fingerprint density at radius 3 is 2.86 bits per heavy atom. The lowest BCUT2D eigenvalue weighted by Gasteiger charge is -2.13. The summed E-state index contributed by atoms with van der Waals surface area (Å²) in [5.41, 5.74) is 6.74. The van der Waals surface area contributed by atoms with Gasteiger partial charge in [0.05, 0.1) is 17.0 Å². The smallest absolute Gasteiger partial charge is 0.112 e. The fourth-order valence-electron chi connectivity index (χ4n) is 0.896. The molecule has 3 N–H and O–H groups in total. The van der Waals surface area contributed by atoms with Crippen LogP contribution in [0, 0.1) is 0 Å². The van der Waals surface area contributed by atoms with Gasteiger partial charge in [0.1, 0.15) is 5.01 Å². The van der Waals surface area contributed by atoms with Crippen LogP contribution in [0.1, 0.15) is 31.5 Å². The number of aromatic nitrogens is 1. The molecule has 0 fully saturated rings. The molecule has 0 aromatic carbocycles. The molecule has 1 aromatic rings. The van der Waals surface area contributed by atoms with E-state index in [9.17, 15) is 0 Å². The van der Waals surface area contributed by atoms with Crippen LogP contribution in [0.4, 0.5) is 0 Å². The topological polar surface area (TPSA) is 50.9 Å². The second-order valence-electron chi connectivity index (χ2n) is 3.65. The molecule has 0 amide bonds. The zero-order valence-electron chi connectivity index (χ0n) is 8.83. The van der Waals surface area contributed by atoms with Crippen LogP contribution in [-0.2, 0) is 11.3 Å². The monoisotopic (exact) mass is 231 g/mol. The Labute approximate surface area is 93.6 Å². The molecular formula is C9H17N3S2. The zero-order chi connectivity index (χ0) is 10.6. The average Bonchev–Trinajstić information content (AvgIpc) is 2.52. The Bertz CT molecular complexity index is 278. The molecule has 0 spiro atoms. The number of nitrogens with one attached hydrogen (secondary N) is 1. The molecule has 0 aliphatic carbocycles. The van der Waals surface area contributed by atoms with Gasteiger partial charge in [0.2, 0.25) is 0 Å². The maximum Gasteiger partial charge on any atom is 0.112 e. The molecule has 3 nitrogen and oxygen atoms in total. The van der Waals surface area contributed by atoms with E-state index < -0.39 is 0 Å². The van der Waals surface area contributed by atoms with Crippen LogP contribution in [0.15, 0.2) is 5.38 Å². The number of thiazole rings is 1. The van der Waals surface area contributed by atoms with Crippen molar-refractivity contribution in [3.8, 4) is 0 Å². The molecule has 0 bridgehead atoms. The van der Waals surface area contributed by atoms with Crippen LogP contribution in [-0.4, -0.2) is 11.5 Å². The van der Waals surface area contributed by atoms with Gasteiger partial charge in [-0.2, -0.15) is 0 Å². The number of hydrogen-bond donors (Lipinski definition) is 2. The maximum absolute atomic E-state index is 5.95. The first-order valence-electron chi connectivity index (χ1n) is 4.62. The van der Waals surface area contributed by atoms with E-state index in [1.807, 2.05) is 13.8 Å². The first-order valence-corrected chi connectivity index (χ1v) is 6.49. The normalized spacial score (nSPS) is 12.0. The molecule has 0 unspecified atom stereocenters. The van der Waals surface area contributed by atoms with E-state index in [-0.39, 0.29) is 5.54 Å². The number of hydrogen-bond acceptors (Lipinski definition) is 5. The van der Waals surface area contributed by atoms with Crippen LogP contribution in [0.5, 0.6) is 0 Å². The summed E-state index contributed by atoms with van der Waals surface area (Å²) < 4.78 is 3.19. The van der Waals surface area contributed by atoms with Gasteiger partial charge in [0, 0.05) is 11.9 Å². The van der Waals surface area contributed by atoms with Crippen LogP contribution >= 0.6 is 23.3 Å². The van der Waals surface area contributed by atoms with Crippen molar-refractivity contribution in [3.05, 3.63) is 16.1 Å². The Kier molecular flexibility index (Phi) is 4.37. The number of nitrogens with two attached hydrogens (primary N) is 1. The minimum Gasteiger partial charge on any atom is -0.320 e. The van der Waals surface area contributed by atoms with Crippen molar-refractivity contribution in [1.29, 1.82) is 0 Å². The Balaban J connectivity index is 2.51. The third-order valence-corrected chi connectivity index (χ3v) is 3.73. The van der Waals surface area contributed by atoms with E-state index in [1.54, 1.807) is 23.3 Å². The molecule has 5 heteroatoms. The molecule has 1 aromatic heterocycles. The van der Waals surface area contributed by atoms with Crippen LogP contribution < -0.4 is 10.5 Å². The molecule has 0 saturated carbocycles. The van der Waals surface area contributed by atoms with E-state index in [2.05, 4.69) is 22.0 Å². The highest BCUT2D eigenvalue weighted by molar-refractivity contribution is 7.96. The summed E-state index contributed by atoms with van der Waals surface area (Å²) in [6, 6.07) is 0. The standard InChI is InChI=1S/C9H17N3S2/c1-4-11-14-6-7-5-13-8(12-7)9(2,3)10/h5,11H,4,6,10H2,1-3H3. The summed E-state index contributed by atoms with van der Waals surface area (Å²) in [5.74, 6) is 0.903. The summed E-state index contributed by atoms with van der Waals surface area (Å²) in [4.78, 5) is 4.49. The number of rotatable bonds is 5. The highest BCUT2D eigenvalue weighted by atomic mass is 32.2. The average molecular weight is 231 g/mol.